The zero-order valence-electron chi connectivity index (χ0n) is 11.7. The normalized spacial score (nSPS) is 16.6. The van der Waals surface area contributed by atoms with Crippen LogP contribution in [0.4, 0.5) is 0 Å². The number of rotatable bonds is 0. The van der Waals surface area contributed by atoms with Crippen LogP contribution in [0.3, 0.4) is 0 Å². The maximum atomic E-state index is 3.67. The van der Waals surface area contributed by atoms with Crippen LogP contribution in [-0.2, 0) is 18.3 Å². The highest BCUT2D eigenvalue weighted by molar-refractivity contribution is 9.10. The van der Waals surface area contributed by atoms with Crippen LogP contribution in [0.2, 0.25) is 0 Å². The molecule has 3 heteroatoms. The van der Waals surface area contributed by atoms with Gasteiger partial charge in [0.15, 0.2) is 0 Å². The summed E-state index contributed by atoms with van der Waals surface area (Å²) in [5, 5.41) is 4.66. The maximum Gasteiger partial charge on any atom is 0.0297 e. The Morgan fingerprint density at radius 1 is 0.773 bits per heavy atom. The largest absolute Gasteiger partial charge is 0.152 e. The van der Waals surface area contributed by atoms with E-state index in [4.69, 9.17) is 0 Å². The molecule has 108 valence electrons. The lowest BCUT2D eigenvalue weighted by atomic mass is 9.76. The van der Waals surface area contributed by atoms with Gasteiger partial charge >= 0.3 is 0 Å². The lowest BCUT2D eigenvalue weighted by Gasteiger charge is -2.27. The second kappa shape index (κ2) is 4.56. The Balaban J connectivity index is 1.84. The third-order valence-corrected chi connectivity index (χ3v) is 6.93. The summed E-state index contributed by atoms with van der Waals surface area (Å²) in [6, 6.07) is 13.5. The summed E-state index contributed by atoms with van der Waals surface area (Å²) in [7, 11) is 0. The van der Waals surface area contributed by atoms with Gasteiger partial charge in [0.05, 0.1) is 0 Å². The molecule has 0 aliphatic heterocycles. The minimum atomic E-state index is 0.122. The molecule has 0 atom stereocenters. The molecule has 2 aliphatic rings. The summed E-state index contributed by atoms with van der Waals surface area (Å²) in [4.78, 5) is 0. The van der Waals surface area contributed by atoms with E-state index in [1.807, 2.05) is 11.3 Å². The van der Waals surface area contributed by atoms with Crippen molar-refractivity contribution in [3.63, 3.8) is 0 Å². The minimum absolute atomic E-state index is 0.122. The second-order valence-corrected chi connectivity index (χ2v) is 8.81. The van der Waals surface area contributed by atoms with Crippen molar-refractivity contribution in [2.24, 2.45) is 0 Å². The van der Waals surface area contributed by atoms with Crippen molar-refractivity contribution in [1.29, 1.82) is 0 Å². The molecule has 2 aromatic carbocycles. The molecule has 0 fully saturated rings. The number of fused-ring (bicyclic) bond motifs is 6. The molecule has 0 amide bonds. The summed E-state index contributed by atoms with van der Waals surface area (Å²) in [5.41, 5.74) is 8.95. The van der Waals surface area contributed by atoms with Crippen LogP contribution in [-0.4, -0.2) is 0 Å². The molecule has 5 rings (SSSR count). The monoisotopic (exact) mass is 430 g/mol. The zero-order chi connectivity index (χ0) is 14.9. The van der Waals surface area contributed by atoms with E-state index in [0.717, 1.165) is 12.8 Å². The Morgan fingerprint density at radius 2 is 1.27 bits per heavy atom. The van der Waals surface area contributed by atoms with E-state index in [0.29, 0.717) is 0 Å². The van der Waals surface area contributed by atoms with Crippen molar-refractivity contribution >= 4 is 43.2 Å². The average molecular weight is 432 g/mol. The molecule has 1 spiro atoms. The highest BCUT2D eigenvalue weighted by atomic mass is 79.9. The number of thiophene rings is 1. The van der Waals surface area contributed by atoms with E-state index >= 15 is 0 Å². The fourth-order valence-electron chi connectivity index (χ4n) is 4.19. The fraction of sp³-hybridized carbons (Fsp3) is 0.158. The summed E-state index contributed by atoms with van der Waals surface area (Å²) >= 11 is 9.18. The SMILES string of the molecule is Brc1ccc2c(c1)C1(Cc3cscc3C1)c1cc(Br)ccc1-2. The summed E-state index contributed by atoms with van der Waals surface area (Å²) in [5.74, 6) is 0. The van der Waals surface area contributed by atoms with E-state index in [-0.39, 0.29) is 5.41 Å². The van der Waals surface area contributed by atoms with Gasteiger partial charge in [-0.15, -0.1) is 0 Å². The van der Waals surface area contributed by atoms with Gasteiger partial charge in [-0.05, 0) is 81.2 Å². The molecule has 2 aliphatic carbocycles. The fourth-order valence-corrected chi connectivity index (χ4v) is 5.78. The van der Waals surface area contributed by atoms with Crippen LogP contribution in [0.5, 0.6) is 0 Å². The molecule has 0 N–H and O–H groups in total. The smallest absolute Gasteiger partial charge is 0.0297 e. The first-order valence-corrected chi connectivity index (χ1v) is 9.85. The molecule has 0 radical (unpaired) electrons. The van der Waals surface area contributed by atoms with Crippen molar-refractivity contribution in [3.05, 3.63) is 78.4 Å². The van der Waals surface area contributed by atoms with Crippen molar-refractivity contribution in [1.82, 2.24) is 0 Å². The molecule has 3 aromatic rings. The van der Waals surface area contributed by atoms with Gasteiger partial charge in [-0.1, -0.05) is 44.0 Å². The predicted octanol–water partition coefficient (Wildman–Crippen LogP) is 6.34. The number of hydrogen-bond donors (Lipinski definition) is 0. The minimum Gasteiger partial charge on any atom is -0.152 e. The van der Waals surface area contributed by atoms with E-state index < -0.39 is 0 Å². The third kappa shape index (κ3) is 1.68. The lowest BCUT2D eigenvalue weighted by Crippen LogP contribution is -2.25. The highest BCUT2D eigenvalue weighted by Crippen LogP contribution is 2.56. The maximum absolute atomic E-state index is 3.67. The van der Waals surface area contributed by atoms with Gasteiger partial charge in [0.1, 0.15) is 0 Å². The topological polar surface area (TPSA) is 0 Å². The van der Waals surface area contributed by atoms with Crippen LogP contribution in [0.1, 0.15) is 22.3 Å². The average Bonchev–Trinajstić information content (AvgIpc) is 3.13. The molecular weight excluding hydrogens is 420 g/mol. The van der Waals surface area contributed by atoms with Gasteiger partial charge in [-0.2, -0.15) is 11.3 Å². The molecule has 0 unspecified atom stereocenters. The van der Waals surface area contributed by atoms with Crippen molar-refractivity contribution in [3.8, 4) is 11.1 Å². The number of benzene rings is 2. The standard InChI is InChI=1S/C19H12Br2S/c20-13-1-3-15-16-4-2-14(21)6-18(16)19(17(15)5-13)7-11-9-22-10-12(11)8-19/h1-6,9-10H,7-8H2. The lowest BCUT2D eigenvalue weighted by molar-refractivity contribution is 0.563. The molecule has 0 bridgehead atoms. The van der Waals surface area contributed by atoms with Gasteiger partial charge in [0.2, 0.25) is 0 Å². The van der Waals surface area contributed by atoms with E-state index in [2.05, 4.69) is 79.0 Å². The molecular formula is C19H12Br2S. The first kappa shape index (κ1) is 13.5. The summed E-state index contributed by atoms with van der Waals surface area (Å²) in [6.45, 7) is 0. The van der Waals surface area contributed by atoms with Crippen molar-refractivity contribution in [2.45, 2.75) is 18.3 Å². The Bertz CT molecular complexity index is 849. The molecule has 0 saturated heterocycles. The first-order valence-electron chi connectivity index (χ1n) is 7.32. The Hall–Kier alpha value is -0.900. The first-order chi connectivity index (χ1) is 10.7. The van der Waals surface area contributed by atoms with Crippen molar-refractivity contribution in [2.75, 3.05) is 0 Å². The van der Waals surface area contributed by atoms with E-state index in [1.54, 1.807) is 0 Å². The Labute approximate surface area is 150 Å². The Morgan fingerprint density at radius 3 is 1.77 bits per heavy atom. The second-order valence-electron chi connectivity index (χ2n) is 6.24. The predicted molar refractivity (Wildman–Crippen MR) is 99.8 cm³/mol. The molecule has 1 heterocycles. The van der Waals surface area contributed by atoms with Gasteiger partial charge in [0, 0.05) is 14.4 Å². The van der Waals surface area contributed by atoms with E-state index in [9.17, 15) is 0 Å². The highest BCUT2D eigenvalue weighted by Gasteiger charge is 2.47. The van der Waals surface area contributed by atoms with Crippen LogP contribution >= 0.6 is 43.2 Å². The zero-order valence-corrected chi connectivity index (χ0v) is 15.7. The van der Waals surface area contributed by atoms with Crippen molar-refractivity contribution < 1.29 is 0 Å². The van der Waals surface area contributed by atoms with Crippen LogP contribution < -0.4 is 0 Å². The molecule has 0 saturated carbocycles. The summed E-state index contributed by atoms with van der Waals surface area (Å²) < 4.78 is 2.35. The molecule has 22 heavy (non-hydrogen) atoms. The van der Waals surface area contributed by atoms with Gasteiger partial charge in [-0.25, -0.2) is 0 Å². The summed E-state index contributed by atoms with van der Waals surface area (Å²) in [6.07, 6.45) is 2.25. The number of halogens is 2. The van der Waals surface area contributed by atoms with Crippen LogP contribution in [0.25, 0.3) is 11.1 Å². The van der Waals surface area contributed by atoms with Crippen LogP contribution in [0, 0.1) is 0 Å². The van der Waals surface area contributed by atoms with Gasteiger partial charge in [-0.3, -0.25) is 0 Å². The third-order valence-electron chi connectivity index (χ3n) is 5.10. The Kier molecular flexibility index (Phi) is 2.80. The van der Waals surface area contributed by atoms with Gasteiger partial charge in [0.25, 0.3) is 0 Å². The molecule has 1 aromatic heterocycles. The number of hydrogen-bond acceptors (Lipinski definition) is 1. The van der Waals surface area contributed by atoms with Gasteiger partial charge < -0.3 is 0 Å². The van der Waals surface area contributed by atoms with Crippen LogP contribution in [0.15, 0.2) is 56.1 Å². The quantitative estimate of drug-likeness (QED) is 0.389. The molecule has 0 nitrogen and oxygen atoms in total. The van der Waals surface area contributed by atoms with E-state index in [1.165, 1.54) is 42.3 Å².